The van der Waals surface area contributed by atoms with Gasteiger partial charge >= 0.3 is 12.3 Å². The molecule has 1 fully saturated rings. The second-order valence-corrected chi connectivity index (χ2v) is 10.5. The van der Waals surface area contributed by atoms with Gasteiger partial charge in [-0.05, 0) is 49.2 Å². The molecule has 3 aromatic carbocycles. The summed E-state index contributed by atoms with van der Waals surface area (Å²) >= 11 is 6.62. The third-order valence-electron chi connectivity index (χ3n) is 7.12. The number of oxime groups is 1. The number of ether oxygens (including phenoxy) is 3. The van der Waals surface area contributed by atoms with E-state index in [9.17, 15) is 18.0 Å². The Hall–Kier alpha value is -4.51. The first kappa shape index (κ1) is 28.6. The number of para-hydroxylation sites is 1. The average Bonchev–Trinajstić information content (AvgIpc) is 3.56. The predicted molar refractivity (Wildman–Crippen MR) is 149 cm³/mol. The zero-order valence-corrected chi connectivity index (χ0v) is 23.4. The largest absolute Gasteiger partial charge is 0.573 e. The Labute approximate surface area is 248 Å². The Balaban J connectivity index is 1.18. The molecule has 0 bridgehead atoms. The Morgan fingerprint density at radius 3 is 2.63 bits per heavy atom. The molecule has 1 aliphatic carbocycles. The molecule has 43 heavy (non-hydrogen) atoms. The molecule has 1 atom stereocenters. The molecule has 1 unspecified atom stereocenters. The third-order valence-corrected chi connectivity index (χ3v) is 7.45. The minimum Gasteiger partial charge on any atom is -0.489 e. The van der Waals surface area contributed by atoms with E-state index in [2.05, 4.69) is 15.0 Å². The average molecular weight is 613 g/mol. The number of benzene rings is 3. The predicted octanol–water partition coefficient (Wildman–Crippen LogP) is 8.00. The van der Waals surface area contributed by atoms with Gasteiger partial charge in [0.15, 0.2) is 6.10 Å². The lowest BCUT2D eigenvalue weighted by Gasteiger charge is -2.14. The second-order valence-electron chi connectivity index (χ2n) is 10.1. The van der Waals surface area contributed by atoms with Crippen LogP contribution in [0, 0.1) is 0 Å². The number of nitrogens with zero attached hydrogens (tertiary/aromatic N) is 2. The fraction of sp³-hybridized carbons (Fsp3) is 0.258. The minimum absolute atomic E-state index is 0.00951. The highest BCUT2D eigenvalue weighted by atomic mass is 35.5. The zero-order chi connectivity index (χ0) is 30.1. The number of rotatable bonds is 9. The van der Waals surface area contributed by atoms with Crippen LogP contribution in [-0.2, 0) is 16.2 Å². The van der Waals surface area contributed by atoms with E-state index < -0.39 is 18.4 Å². The summed E-state index contributed by atoms with van der Waals surface area (Å²) in [7, 11) is 1.32. The number of carbonyl (C=O) groups is 1. The lowest BCUT2D eigenvalue weighted by atomic mass is 9.99. The topological polar surface area (TPSA) is 92.4 Å². The van der Waals surface area contributed by atoms with Crippen molar-refractivity contribution < 1.29 is 41.5 Å². The maximum Gasteiger partial charge on any atom is 0.573 e. The van der Waals surface area contributed by atoms with Gasteiger partial charge in [-0.25, -0.2) is 4.79 Å². The lowest BCUT2D eigenvalue weighted by molar-refractivity contribution is -0.274. The van der Waals surface area contributed by atoms with Crippen molar-refractivity contribution in [1.82, 2.24) is 5.16 Å². The van der Waals surface area contributed by atoms with Gasteiger partial charge in [0.05, 0.1) is 29.0 Å². The van der Waals surface area contributed by atoms with Gasteiger partial charge in [-0.1, -0.05) is 52.2 Å². The van der Waals surface area contributed by atoms with Crippen LogP contribution in [0.25, 0.3) is 11.3 Å². The molecule has 0 spiro atoms. The lowest BCUT2D eigenvalue weighted by Crippen LogP contribution is -2.17. The summed E-state index contributed by atoms with van der Waals surface area (Å²) in [5.74, 6) is 0.322. The number of halogens is 4. The van der Waals surface area contributed by atoms with E-state index in [1.165, 1.54) is 25.3 Å². The molecule has 0 N–H and O–H groups in total. The molecule has 1 aromatic heterocycles. The van der Waals surface area contributed by atoms with Crippen LogP contribution in [0.3, 0.4) is 0 Å². The molecule has 1 aliphatic heterocycles. The summed E-state index contributed by atoms with van der Waals surface area (Å²) in [6, 6.07) is 17.8. The molecular weight excluding hydrogens is 589 g/mol. The van der Waals surface area contributed by atoms with Gasteiger partial charge in [-0.3, -0.25) is 0 Å². The quantitative estimate of drug-likeness (QED) is 0.177. The standard InChI is InChI=1S/C31H24ClF3N2O6/c1-39-30(38)19-6-4-5-18(13-19)25-15-27(42-36-25)21-12-11-20(14-24(21)32)40-16-23-28(37-43-29(23)17-9-10-17)22-7-2-3-8-26(22)41-31(33,34)35/h2-8,11-14,17,27H,9-10,15-16H2,1H3. The molecular formula is C31H24ClF3N2O6. The highest BCUT2D eigenvalue weighted by Crippen LogP contribution is 2.46. The van der Waals surface area contributed by atoms with Gasteiger partial charge in [0.1, 0.15) is 29.6 Å². The summed E-state index contributed by atoms with van der Waals surface area (Å²) in [6.07, 6.45) is -3.10. The highest BCUT2D eigenvalue weighted by molar-refractivity contribution is 6.31. The smallest absolute Gasteiger partial charge is 0.489 e. The van der Waals surface area contributed by atoms with Gasteiger partial charge in [0.25, 0.3) is 0 Å². The fourth-order valence-corrected chi connectivity index (χ4v) is 5.18. The summed E-state index contributed by atoms with van der Waals surface area (Å²) in [6.45, 7) is -0.00951. The van der Waals surface area contributed by atoms with Crippen molar-refractivity contribution in [2.45, 2.75) is 44.3 Å². The van der Waals surface area contributed by atoms with Gasteiger partial charge in [0.2, 0.25) is 0 Å². The molecule has 0 saturated heterocycles. The van der Waals surface area contributed by atoms with Gasteiger partial charge in [0, 0.05) is 29.0 Å². The summed E-state index contributed by atoms with van der Waals surface area (Å²) in [4.78, 5) is 17.6. The van der Waals surface area contributed by atoms with E-state index in [4.69, 9.17) is 30.4 Å². The number of hydrogen-bond donors (Lipinski definition) is 0. The minimum atomic E-state index is -4.86. The van der Waals surface area contributed by atoms with Crippen molar-refractivity contribution in [1.29, 1.82) is 0 Å². The Bertz CT molecular complexity index is 1700. The molecule has 8 nitrogen and oxygen atoms in total. The van der Waals surface area contributed by atoms with E-state index >= 15 is 0 Å². The van der Waals surface area contributed by atoms with Crippen LogP contribution in [0.15, 0.2) is 76.4 Å². The van der Waals surface area contributed by atoms with Crippen LogP contribution in [0.1, 0.15) is 64.1 Å². The summed E-state index contributed by atoms with van der Waals surface area (Å²) in [5.41, 5.74) is 3.42. The number of hydrogen-bond acceptors (Lipinski definition) is 8. The Morgan fingerprint density at radius 1 is 1.07 bits per heavy atom. The van der Waals surface area contributed by atoms with Crippen molar-refractivity contribution in [3.05, 3.63) is 99.8 Å². The van der Waals surface area contributed by atoms with Gasteiger partial charge in [-0.2, -0.15) is 0 Å². The highest BCUT2D eigenvalue weighted by Gasteiger charge is 2.36. The number of carbonyl (C=O) groups excluding carboxylic acids is 1. The molecule has 2 aliphatic rings. The Kier molecular flexibility index (Phi) is 7.74. The van der Waals surface area contributed by atoms with Crippen LogP contribution in [0.2, 0.25) is 5.02 Å². The second kappa shape index (κ2) is 11.6. The van der Waals surface area contributed by atoms with Crippen LogP contribution >= 0.6 is 11.6 Å². The van der Waals surface area contributed by atoms with Gasteiger partial charge < -0.3 is 23.6 Å². The van der Waals surface area contributed by atoms with Crippen molar-refractivity contribution in [2.24, 2.45) is 5.16 Å². The summed E-state index contributed by atoms with van der Waals surface area (Å²) in [5, 5.41) is 8.69. The van der Waals surface area contributed by atoms with Crippen LogP contribution in [-0.4, -0.2) is 30.3 Å². The first-order valence-electron chi connectivity index (χ1n) is 13.4. The van der Waals surface area contributed by atoms with E-state index in [-0.39, 0.29) is 29.5 Å². The molecule has 0 radical (unpaired) electrons. The SMILES string of the molecule is COC(=O)c1cccc(C2=NOC(c3ccc(OCc4c(-c5ccccc5OC(F)(F)F)noc4C4CC4)cc3Cl)C2)c1. The van der Waals surface area contributed by atoms with Crippen molar-refractivity contribution in [3.63, 3.8) is 0 Å². The van der Waals surface area contributed by atoms with E-state index in [1.54, 1.807) is 42.5 Å². The monoisotopic (exact) mass is 612 g/mol. The van der Waals surface area contributed by atoms with E-state index in [1.807, 2.05) is 6.07 Å². The number of methoxy groups -OCH3 is 1. The molecule has 222 valence electrons. The Morgan fingerprint density at radius 2 is 1.88 bits per heavy atom. The molecule has 6 rings (SSSR count). The third kappa shape index (κ3) is 6.31. The first-order chi connectivity index (χ1) is 20.7. The normalized spacial score (nSPS) is 16.4. The molecule has 0 amide bonds. The maximum atomic E-state index is 13.1. The molecule has 12 heteroatoms. The van der Waals surface area contributed by atoms with E-state index in [0.29, 0.717) is 45.4 Å². The molecule has 1 saturated carbocycles. The first-order valence-corrected chi connectivity index (χ1v) is 13.7. The van der Waals surface area contributed by atoms with Crippen molar-refractivity contribution in [3.8, 4) is 22.8 Å². The number of alkyl halides is 3. The van der Waals surface area contributed by atoms with Crippen LogP contribution in [0.5, 0.6) is 11.5 Å². The zero-order valence-electron chi connectivity index (χ0n) is 22.7. The van der Waals surface area contributed by atoms with Gasteiger partial charge in [-0.15, -0.1) is 13.2 Å². The molecule has 4 aromatic rings. The van der Waals surface area contributed by atoms with E-state index in [0.717, 1.165) is 18.4 Å². The fourth-order valence-electron chi connectivity index (χ4n) is 4.89. The number of esters is 1. The van der Waals surface area contributed by atoms with Crippen LogP contribution < -0.4 is 9.47 Å². The number of aromatic nitrogens is 1. The van der Waals surface area contributed by atoms with Crippen LogP contribution in [0.4, 0.5) is 13.2 Å². The summed E-state index contributed by atoms with van der Waals surface area (Å²) < 4.78 is 59.9. The van der Waals surface area contributed by atoms with Crippen molar-refractivity contribution >= 4 is 23.3 Å². The van der Waals surface area contributed by atoms with Crippen molar-refractivity contribution in [2.75, 3.05) is 7.11 Å². The molecule has 2 heterocycles. The maximum absolute atomic E-state index is 13.1.